The van der Waals surface area contributed by atoms with E-state index in [-0.39, 0.29) is 0 Å². The minimum Gasteiger partial charge on any atom is -0.256 e. The summed E-state index contributed by atoms with van der Waals surface area (Å²) in [6.45, 7) is 7.44. The number of benzene rings is 7. The zero-order valence-corrected chi connectivity index (χ0v) is 37.4. The third-order valence-corrected chi connectivity index (χ3v) is 12.4. The molecule has 7 aromatic carbocycles. The van der Waals surface area contributed by atoms with Gasteiger partial charge in [-0.2, -0.15) is 5.26 Å². The van der Waals surface area contributed by atoms with E-state index in [4.69, 9.17) is 21.5 Å². The first-order chi connectivity index (χ1) is 33.6. The number of nitriles is 1. The SMILES string of the molecule is [C-]#[N+]c1cccc(-c2ccc(CCc3cc(CCc4ccc(-c5cccc(C#N)c5)nc4)cc(-c4ccccc4-c4cnc(-c5ccccc5)cc4-c4cccc(-c5ccccc5)c4)c3)cn2)c1. The van der Waals surface area contributed by atoms with E-state index >= 15 is 0 Å². The minimum atomic E-state index is 0.607. The molecule has 322 valence electrons. The fourth-order valence-electron chi connectivity index (χ4n) is 8.90. The summed E-state index contributed by atoms with van der Waals surface area (Å²) in [6, 6.07) is 73.6. The Morgan fingerprint density at radius 3 is 1.54 bits per heavy atom. The van der Waals surface area contributed by atoms with E-state index in [1.165, 1.54) is 16.7 Å². The van der Waals surface area contributed by atoms with Crippen LogP contribution >= 0.6 is 0 Å². The number of hydrogen-bond donors (Lipinski definition) is 0. The molecule has 0 atom stereocenters. The summed E-state index contributed by atoms with van der Waals surface area (Å²) in [6.07, 6.45) is 9.29. The van der Waals surface area contributed by atoms with Gasteiger partial charge in [0, 0.05) is 35.3 Å². The van der Waals surface area contributed by atoms with Gasteiger partial charge in [0.25, 0.3) is 0 Å². The van der Waals surface area contributed by atoms with Crippen molar-refractivity contribution in [2.75, 3.05) is 0 Å². The molecule has 0 bridgehead atoms. The van der Waals surface area contributed by atoms with E-state index in [2.05, 4.69) is 169 Å². The molecule has 0 aliphatic rings. The Labute approximate surface area is 398 Å². The Balaban J connectivity index is 1.01. The molecule has 0 unspecified atom stereocenters. The number of nitrogens with zero attached hydrogens (tertiary/aromatic N) is 5. The van der Waals surface area contributed by atoms with Crippen molar-refractivity contribution < 1.29 is 0 Å². The highest BCUT2D eigenvalue weighted by atomic mass is 14.7. The maximum atomic E-state index is 9.44. The standard InChI is InChI=1S/C63H45N5/c1-65-56-22-12-21-54(38-56)62-32-30-45(42-67-62)26-28-47-33-46(27-25-44-29-31-61(66-41-44)53-20-10-13-48(36-53)40-64)34-55(35-47)57-23-8-9-24-58(57)60-43-68-63(50-16-6-3-7-17-50)39-59(60)52-19-11-18-51(37-52)49-14-4-2-5-15-49/h2-24,29-39,41-43H,25-28H2. The quantitative estimate of drug-likeness (QED) is 0.108. The molecular formula is C63H45N5. The van der Waals surface area contributed by atoms with Crippen molar-refractivity contribution >= 4 is 5.69 Å². The molecule has 68 heavy (non-hydrogen) atoms. The van der Waals surface area contributed by atoms with E-state index in [9.17, 15) is 5.26 Å². The predicted octanol–water partition coefficient (Wildman–Crippen LogP) is 15.5. The fraction of sp³-hybridized carbons (Fsp3) is 0.0635. The van der Waals surface area contributed by atoms with Crippen molar-refractivity contribution in [2.45, 2.75) is 25.7 Å². The maximum absolute atomic E-state index is 9.44. The van der Waals surface area contributed by atoms with Gasteiger partial charge in [-0.05, 0) is 135 Å². The van der Waals surface area contributed by atoms with E-state index in [0.29, 0.717) is 11.3 Å². The van der Waals surface area contributed by atoms with E-state index in [0.717, 1.165) is 110 Å². The average Bonchev–Trinajstić information content (AvgIpc) is 3.42. The molecule has 0 fully saturated rings. The number of pyridine rings is 3. The second-order valence-corrected chi connectivity index (χ2v) is 17.0. The van der Waals surface area contributed by atoms with Crippen LogP contribution in [0.4, 0.5) is 5.69 Å². The van der Waals surface area contributed by atoms with Crippen LogP contribution in [0.25, 0.3) is 83.1 Å². The van der Waals surface area contributed by atoms with Crippen molar-refractivity contribution in [3.8, 4) is 84.3 Å². The van der Waals surface area contributed by atoms with Crippen LogP contribution in [0.15, 0.2) is 225 Å². The van der Waals surface area contributed by atoms with E-state index in [1.807, 2.05) is 67.0 Å². The molecule has 0 saturated carbocycles. The molecule has 3 heterocycles. The van der Waals surface area contributed by atoms with Crippen LogP contribution < -0.4 is 0 Å². The van der Waals surface area contributed by atoms with Crippen LogP contribution in [0, 0.1) is 17.9 Å². The third kappa shape index (κ3) is 9.80. The number of hydrogen-bond acceptors (Lipinski definition) is 4. The zero-order valence-electron chi connectivity index (χ0n) is 37.4. The van der Waals surface area contributed by atoms with Crippen molar-refractivity contribution in [3.05, 3.63) is 264 Å². The van der Waals surface area contributed by atoms with Crippen molar-refractivity contribution in [1.82, 2.24) is 15.0 Å². The van der Waals surface area contributed by atoms with Crippen molar-refractivity contribution in [1.29, 1.82) is 5.26 Å². The molecule has 0 N–H and O–H groups in total. The highest BCUT2D eigenvalue weighted by Gasteiger charge is 2.17. The Morgan fingerprint density at radius 2 is 0.897 bits per heavy atom. The normalized spacial score (nSPS) is 10.9. The lowest BCUT2D eigenvalue weighted by molar-refractivity contribution is 0.923. The van der Waals surface area contributed by atoms with E-state index in [1.54, 1.807) is 0 Å². The van der Waals surface area contributed by atoms with E-state index < -0.39 is 0 Å². The molecule has 3 aromatic heterocycles. The van der Waals surface area contributed by atoms with Gasteiger partial charge in [-0.25, -0.2) is 4.85 Å². The van der Waals surface area contributed by atoms with Gasteiger partial charge < -0.3 is 0 Å². The van der Waals surface area contributed by atoms with Gasteiger partial charge in [-0.3, -0.25) is 15.0 Å². The van der Waals surface area contributed by atoms with Gasteiger partial charge in [0.15, 0.2) is 5.69 Å². The molecule has 10 rings (SSSR count). The summed E-state index contributed by atoms with van der Waals surface area (Å²) in [7, 11) is 0. The summed E-state index contributed by atoms with van der Waals surface area (Å²) < 4.78 is 0. The zero-order chi connectivity index (χ0) is 46.1. The van der Waals surface area contributed by atoms with Gasteiger partial charge >= 0.3 is 0 Å². The van der Waals surface area contributed by atoms with Crippen LogP contribution in [-0.4, -0.2) is 15.0 Å². The molecule has 0 aliphatic carbocycles. The van der Waals surface area contributed by atoms with Gasteiger partial charge in [0.2, 0.25) is 0 Å². The largest absolute Gasteiger partial charge is 0.256 e. The second kappa shape index (κ2) is 20.0. The Hall–Kier alpha value is -9.03. The smallest absolute Gasteiger partial charge is 0.187 e. The third-order valence-electron chi connectivity index (χ3n) is 12.4. The Bertz CT molecular complexity index is 3330. The van der Waals surface area contributed by atoms with Gasteiger partial charge in [-0.1, -0.05) is 164 Å². The average molecular weight is 872 g/mol. The van der Waals surface area contributed by atoms with Crippen molar-refractivity contribution in [3.63, 3.8) is 0 Å². The van der Waals surface area contributed by atoms with Crippen LogP contribution in [0.2, 0.25) is 0 Å². The molecule has 5 nitrogen and oxygen atoms in total. The van der Waals surface area contributed by atoms with Crippen LogP contribution in [-0.2, 0) is 25.7 Å². The number of aromatic nitrogens is 3. The lowest BCUT2D eigenvalue weighted by Gasteiger charge is -2.18. The fourth-order valence-corrected chi connectivity index (χ4v) is 8.90. The van der Waals surface area contributed by atoms with Crippen LogP contribution in [0.3, 0.4) is 0 Å². The first-order valence-electron chi connectivity index (χ1n) is 22.9. The van der Waals surface area contributed by atoms with Gasteiger partial charge in [0.05, 0.1) is 35.3 Å². The summed E-state index contributed by atoms with van der Waals surface area (Å²) in [4.78, 5) is 18.3. The monoisotopic (exact) mass is 871 g/mol. The van der Waals surface area contributed by atoms with Gasteiger partial charge in [-0.15, -0.1) is 0 Å². The molecule has 0 saturated heterocycles. The van der Waals surface area contributed by atoms with Gasteiger partial charge in [0.1, 0.15) is 0 Å². The lowest BCUT2D eigenvalue weighted by Crippen LogP contribution is -1.99. The molecule has 5 heteroatoms. The molecule has 10 aromatic rings. The molecular weight excluding hydrogens is 827 g/mol. The summed E-state index contributed by atoms with van der Waals surface area (Å²) >= 11 is 0. The molecule has 0 aliphatic heterocycles. The topological polar surface area (TPSA) is 66.8 Å². The predicted molar refractivity (Wildman–Crippen MR) is 277 cm³/mol. The highest BCUT2D eigenvalue weighted by Crippen LogP contribution is 2.41. The molecule has 0 spiro atoms. The second-order valence-electron chi connectivity index (χ2n) is 17.0. The highest BCUT2D eigenvalue weighted by molar-refractivity contribution is 5.93. The minimum absolute atomic E-state index is 0.607. The molecule has 0 radical (unpaired) electrons. The molecule has 0 amide bonds. The Kier molecular flexibility index (Phi) is 12.6. The van der Waals surface area contributed by atoms with Crippen molar-refractivity contribution in [2.24, 2.45) is 0 Å². The summed E-state index contributed by atoms with van der Waals surface area (Å²) in [5, 5.41) is 9.44. The number of rotatable bonds is 13. The summed E-state index contributed by atoms with van der Waals surface area (Å²) in [5.41, 5.74) is 20.7. The number of aryl methyl sites for hydroxylation is 4. The Morgan fingerprint density at radius 1 is 0.353 bits per heavy atom. The first-order valence-corrected chi connectivity index (χ1v) is 22.9. The lowest BCUT2D eigenvalue weighted by atomic mass is 9.87. The summed E-state index contributed by atoms with van der Waals surface area (Å²) in [5.74, 6) is 0. The maximum Gasteiger partial charge on any atom is 0.187 e. The first kappa shape index (κ1) is 42.9. The van der Waals surface area contributed by atoms with Crippen LogP contribution in [0.1, 0.15) is 27.8 Å². The van der Waals surface area contributed by atoms with Crippen LogP contribution in [0.5, 0.6) is 0 Å².